The minimum Gasteiger partial charge on any atom is -0.497 e. The van der Waals surface area contributed by atoms with Crippen LogP contribution in [-0.4, -0.2) is 54.5 Å². The molecule has 0 radical (unpaired) electrons. The zero-order valence-electron chi connectivity index (χ0n) is 15.6. The third kappa shape index (κ3) is 2.22. The van der Waals surface area contributed by atoms with Crippen LogP contribution in [0.3, 0.4) is 0 Å². The summed E-state index contributed by atoms with van der Waals surface area (Å²) in [6, 6.07) is 7.90. The molecule has 6 nitrogen and oxygen atoms in total. The second-order valence-electron chi connectivity index (χ2n) is 8.14. The van der Waals surface area contributed by atoms with Crippen molar-refractivity contribution in [3.05, 3.63) is 41.7 Å². The van der Waals surface area contributed by atoms with Crippen molar-refractivity contribution in [2.45, 2.75) is 37.5 Å². The number of para-hydroxylation sites is 1. The van der Waals surface area contributed by atoms with E-state index in [4.69, 9.17) is 9.47 Å². The van der Waals surface area contributed by atoms with Crippen LogP contribution in [0.25, 0.3) is 0 Å². The average Bonchev–Trinajstić information content (AvgIpc) is 3.19. The lowest BCUT2D eigenvalue weighted by Crippen LogP contribution is -2.59. The van der Waals surface area contributed by atoms with Crippen LogP contribution in [0.5, 0.6) is 0 Å². The molecule has 6 heteroatoms. The Kier molecular flexibility index (Phi) is 3.63. The van der Waals surface area contributed by atoms with E-state index in [0.717, 1.165) is 37.2 Å². The standard InChI is InChI=1S/C21H24N2O4/c1-12-14-9-18-21(19(24)13-5-3-4-6-17(13)22-21)7-8-23(18)10-15(14)16(11-27-12)20(25)26-2/h3-6,11-12,14-15,18,22H,7-10H2,1-2H3/t12-,14-,15-,18?,21+/m1/s1. The van der Waals surface area contributed by atoms with Gasteiger partial charge in [0, 0.05) is 42.2 Å². The number of ketones is 1. The minimum absolute atomic E-state index is 0.0158. The van der Waals surface area contributed by atoms with E-state index in [9.17, 15) is 9.59 Å². The maximum atomic E-state index is 13.3. The highest BCUT2D eigenvalue weighted by atomic mass is 16.5. The Morgan fingerprint density at radius 3 is 2.96 bits per heavy atom. The summed E-state index contributed by atoms with van der Waals surface area (Å²) in [4.78, 5) is 27.9. The molecule has 2 fully saturated rings. The minimum atomic E-state index is -0.555. The topological polar surface area (TPSA) is 67.9 Å². The van der Waals surface area contributed by atoms with E-state index in [1.165, 1.54) is 7.11 Å². The predicted molar refractivity (Wildman–Crippen MR) is 99.3 cm³/mol. The van der Waals surface area contributed by atoms with Gasteiger partial charge in [-0.2, -0.15) is 0 Å². The molecule has 142 valence electrons. The molecule has 4 heterocycles. The molecule has 0 aromatic heterocycles. The molecule has 5 atom stereocenters. The number of methoxy groups -OCH3 is 1. The Bertz CT molecular complexity index is 850. The zero-order valence-corrected chi connectivity index (χ0v) is 15.6. The summed E-state index contributed by atoms with van der Waals surface area (Å²) in [6.07, 6.45) is 3.21. The number of benzene rings is 1. The Morgan fingerprint density at radius 1 is 1.37 bits per heavy atom. The van der Waals surface area contributed by atoms with Crippen LogP contribution in [0.4, 0.5) is 5.69 Å². The molecule has 1 aromatic rings. The first-order chi connectivity index (χ1) is 13.0. The van der Waals surface area contributed by atoms with Gasteiger partial charge in [-0.1, -0.05) is 12.1 Å². The number of rotatable bonds is 1. The first kappa shape index (κ1) is 16.8. The van der Waals surface area contributed by atoms with Crippen molar-refractivity contribution >= 4 is 17.4 Å². The molecule has 4 aliphatic heterocycles. The Hall–Kier alpha value is -2.34. The van der Waals surface area contributed by atoms with Crippen molar-refractivity contribution in [2.24, 2.45) is 11.8 Å². The number of fused-ring (bicyclic) bond motifs is 4. The van der Waals surface area contributed by atoms with Gasteiger partial charge in [0.1, 0.15) is 5.54 Å². The van der Waals surface area contributed by atoms with Gasteiger partial charge >= 0.3 is 5.97 Å². The SMILES string of the molecule is COC(=O)C1=CO[C@H](C)[C@H]2CC3N(CC[C@]34Nc3ccccc3C4=O)C[C@@H]12. The molecule has 5 rings (SSSR count). The van der Waals surface area contributed by atoms with Crippen molar-refractivity contribution < 1.29 is 19.1 Å². The first-order valence-corrected chi connectivity index (χ1v) is 9.65. The number of nitrogens with zero attached hydrogens (tertiary/aromatic N) is 1. The molecule has 1 spiro atoms. The maximum absolute atomic E-state index is 13.3. The van der Waals surface area contributed by atoms with Crippen LogP contribution in [0.15, 0.2) is 36.1 Å². The van der Waals surface area contributed by atoms with Crippen LogP contribution >= 0.6 is 0 Å². The van der Waals surface area contributed by atoms with Crippen molar-refractivity contribution in [1.82, 2.24) is 4.90 Å². The number of anilines is 1. The third-order valence-corrected chi connectivity index (χ3v) is 7.01. The van der Waals surface area contributed by atoms with Gasteiger partial charge in [0.2, 0.25) is 0 Å². The fourth-order valence-electron chi connectivity index (χ4n) is 5.61. The number of carbonyl (C=O) groups is 2. The molecular weight excluding hydrogens is 344 g/mol. The maximum Gasteiger partial charge on any atom is 0.337 e. The van der Waals surface area contributed by atoms with Gasteiger partial charge in [-0.3, -0.25) is 9.69 Å². The number of nitrogens with one attached hydrogen (secondary N) is 1. The lowest BCUT2D eigenvalue weighted by atomic mass is 9.70. The third-order valence-electron chi connectivity index (χ3n) is 7.01. The number of esters is 1. The molecule has 1 unspecified atom stereocenters. The van der Waals surface area contributed by atoms with Crippen LogP contribution < -0.4 is 5.32 Å². The molecule has 0 bridgehead atoms. The number of Topliss-reactive ketones (excluding diaryl/α,β-unsaturated/α-hetero) is 1. The van der Waals surface area contributed by atoms with Crippen LogP contribution in [-0.2, 0) is 14.3 Å². The average molecular weight is 368 g/mol. The monoisotopic (exact) mass is 368 g/mol. The van der Waals surface area contributed by atoms with Gasteiger partial charge in [0.25, 0.3) is 0 Å². The van der Waals surface area contributed by atoms with Crippen LogP contribution in [0.2, 0.25) is 0 Å². The van der Waals surface area contributed by atoms with Crippen molar-refractivity contribution in [3.63, 3.8) is 0 Å². The van der Waals surface area contributed by atoms with E-state index < -0.39 is 5.54 Å². The number of carbonyl (C=O) groups excluding carboxylic acids is 2. The van der Waals surface area contributed by atoms with E-state index in [2.05, 4.69) is 17.1 Å². The number of piperidine rings is 1. The second-order valence-corrected chi connectivity index (χ2v) is 8.14. The Labute approximate surface area is 158 Å². The fraction of sp³-hybridized carbons (Fsp3) is 0.524. The van der Waals surface area contributed by atoms with Crippen LogP contribution in [0.1, 0.15) is 30.1 Å². The molecule has 0 amide bonds. The van der Waals surface area contributed by atoms with E-state index in [1.807, 2.05) is 24.3 Å². The van der Waals surface area contributed by atoms with Gasteiger partial charge in [0.15, 0.2) is 5.78 Å². The molecule has 0 aliphatic carbocycles. The Morgan fingerprint density at radius 2 is 2.19 bits per heavy atom. The van der Waals surface area contributed by atoms with Crippen molar-refractivity contribution in [3.8, 4) is 0 Å². The van der Waals surface area contributed by atoms with Gasteiger partial charge < -0.3 is 14.8 Å². The van der Waals surface area contributed by atoms with Gasteiger partial charge in [-0.05, 0) is 31.9 Å². The first-order valence-electron chi connectivity index (χ1n) is 9.65. The zero-order chi connectivity index (χ0) is 18.8. The summed E-state index contributed by atoms with van der Waals surface area (Å²) in [5.74, 6) is 0.175. The lowest BCUT2D eigenvalue weighted by Gasteiger charge is -2.48. The molecule has 1 N–H and O–H groups in total. The molecule has 27 heavy (non-hydrogen) atoms. The van der Waals surface area contributed by atoms with Gasteiger partial charge in [-0.15, -0.1) is 0 Å². The van der Waals surface area contributed by atoms with E-state index in [1.54, 1.807) is 6.26 Å². The van der Waals surface area contributed by atoms with E-state index >= 15 is 0 Å². The fourth-order valence-corrected chi connectivity index (χ4v) is 5.61. The highest BCUT2D eigenvalue weighted by molar-refractivity contribution is 6.14. The number of hydrogen-bond acceptors (Lipinski definition) is 6. The molecule has 4 aliphatic rings. The molecule has 2 saturated heterocycles. The van der Waals surface area contributed by atoms with Crippen molar-refractivity contribution in [1.29, 1.82) is 0 Å². The van der Waals surface area contributed by atoms with Crippen LogP contribution in [0, 0.1) is 11.8 Å². The summed E-state index contributed by atoms with van der Waals surface area (Å²) in [5.41, 5.74) is 1.80. The summed E-state index contributed by atoms with van der Waals surface area (Å²) in [5, 5.41) is 3.58. The largest absolute Gasteiger partial charge is 0.497 e. The van der Waals surface area contributed by atoms with E-state index in [0.29, 0.717) is 5.57 Å². The summed E-state index contributed by atoms with van der Waals surface area (Å²) in [6.45, 7) is 3.67. The summed E-state index contributed by atoms with van der Waals surface area (Å²) in [7, 11) is 1.41. The summed E-state index contributed by atoms with van der Waals surface area (Å²) < 4.78 is 10.8. The molecule has 1 aromatic carbocycles. The highest BCUT2D eigenvalue weighted by Crippen LogP contribution is 2.49. The molecular formula is C21H24N2O4. The summed E-state index contributed by atoms with van der Waals surface area (Å²) >= 11 is 0. The normalized spacial score (nSPS) is 37.0. The van der Waals surface area contributed by atoms with Gasteiger partial charge in [0.05, 0.1) is 25.0 Å². The smallest absolute Gasteiger partial charge is 0.337 e. The Balaban J connectivity index is 1.47. The highest BCUT2D eigenvalue weighted by Gasteiger charge is 2.60. The van der Waals surface area contributed by atoms with Crippen molar-refractivity contribution in [2.75, 3.05) is 25.5 Å². The quantitative estimate of drug-likeness (QED) is 0.767. The number of ether oxygens (including phenoxy) is 2. The second kappa shape index (κ2) is 5.83. The van der Waals surface area contributed by atoms with Gasteiger partial charge in [-0.25, -0.2) is 4.79 Å². The lowest BCUT2D eigenvalue weighted by molar-refractivity contribution is -0.139. The number of hydrogen-bond donors (Lipinski definition) is 1. The predicted octanol–water partition coefficient (Wildman–Crippen LogP) is 2.22. The molecule has 0 saturated carbocycles. The van der Waals surface area contributed by atoms with E-state index in [-0.39, 0.29) is 35.7 Å².